The van der Waals surface area contributed by atoms with E-state index in [-0.39, 0.29) is 15.7 Å². The van der Waals surface area contributed by atoms with Gasteiger partial charge in [0.05, 0.1) is 4.90 Å². The molecule has 0 amide bonds. The van der Waals surface area contributed by atoms with E-state index in [1.807, 2.05) is 13.0 Å². The van der Waals surface area contributed by atoms with Gasteiger partial charge in [0, 0.05) is 6.20 Å². The summed E-state index contributed by atoms with van der Waals surface area (Å²) in [6.07, 6.45) is 1.60. The zero-order valence-electron chi connectivity index (χ0n) is 16.1. The van der Waals surface area contributed by atoms with Crippen LogP contribution < -0.4 is 4.72 Å². The normalized spacial score (nSPS) is 12.9. The molecule has 1 N–H and O–H groups in total. The fourth-order valence-electron chi connectivity index (χ4n) is 2.41. The molecule has 0 fully saturated rings. The van der Waals surface area contributed by atoms with E-state index in [1.54, 1.807) is 24.4 Å². The summed E-state index contributed by atoms with van der Waals surface area (Å²) in [6.45, 7) is 14.4. The number of benzene rings is 1. The number of rotatable bonds is 3. The number of aromatic nitrogens is 1. The minimum atomic E-state index is -3.71. The molecule has 4 nitrogen and oxygen atoms in total. The van der Waals surface area contributed by atoms with Gasteiger partial charge >= 0.3 is 0 Å². The lowest BCUT2D eigenvalue weighted by Gasteiger charge is -2.26. The van der Waals surface area contributed by atoms with Crippen LogP contribution in [0.5, 0.6) is 0 Å². The molecule has 0 unspecified atom stereocenters. The van der Waals surface area contributed by atoms with Crippen LogP contribution in [0.3, 0.4) is 0 Å². The summed E-state index contributed by atoms with van der Waals surface area (Å²) in [5.41, 5.74) is 2.65. The average Bonchev–Trinajstić information content (AvgIpc) is 2.44. The summed E-state index contributed by atoms with van der Waals surface area (Å²) in [7, 11) is -3.71. The molecule has 0 spiro atoms. The van der Waals surface area contributed by atoms with Crippen molar-refractivity contribution in [3.8, 4) is 0 Å². The maximum Gasteiger partial charge on any atom is 0.263 e. The van der Waals surface area contributed by atoms with Gasteiger partial charge in [-0.2, -0.15) is 0 Å². The molecule has 0 saturated carbocycles. The zero-order valence-corrected chi connectivity index (χ0v) is 17.0. The lowest BCUT2D eigenvalue weighted by molar-refractivity contribution is 0.563. The van der Waals surface area contributed by atoms with Gasteiger partial charge in [0.2, 0.25) is 0 Å². The maximum atomic E-state index is 12.9. The Balaban J connectivity index is 2.56. The molecule has 0 saturated heterocycles. The first-order valence-corrected chi connectivity index (χ1v) is 9.89. The molecule has 136 valence electrons. The van der Waals surface area contributed by atoms with E-state index in [0.29, 0.717) is 5.82 Å². The van der Waals surface area contributed by atoms with Gasteiger partial charge in [-0.15, -0.1) is 0 Å². The Bertz CT molecular complexity index is 841. The molecule has 1 aromatic heterocycles. The topological polar surface area (TPSA) is 59.1 Å². The van der Waals surface area contributed by atoms with Crippen LogP contribution >= 0.6 is 0 Å². The molecule has 2 rings (SSSR count). The first-order chi connectivity index (χ1) is 11.3. The Labute approximate surface area is 151 Å². The first kappa shape index (κ1) is 19.4. The summed E-state index contributed by atoms with van der Waals surface area (Å²) in [5, 5.41) is 0. The molecule has 0 aliphatic rings. The summed E-state index contributed by atoms with van der Waals surface area (Å²) in [4.78, 5) is 4.37. The van der Waals surface area contributed by atoms with Crippen LogP contribution in [0, 0.1) is 6.92 Å². The number of aryl methyl sites for hydroxylation is 1. The van der Waals surface area contributed by atoms with Crippen LogP contribution in [0.4, 0.5) is 5.82 Å². The van der Waals surface area contributed by atoms with Crippen molar-refractivity contribution in [2.24, 2.45) is 0 Å². The van der Waals surface area contributed by atoms with E-state index >= 15 is 0 Å². The molecule has 2 aromatic rings. The molecule has 1 aromatic carbocycles. The van der Waals surface area contributed by atoms with Crippen molar-refractivity contribution in [3.05, 3.63) is 53.2 Å². The van der Waals surface area contributed by atoms with Crippen molar-refractivity contribution in [2.45, 2.75) is 64.2 Å². The fourth-order valence-corrected chi connectivity index (χ4v) is 3.48. The van der Waals surface area contributed by atoms with Crippen molar-refractivity contribution in [2.75, 3.05) is 4.72 Å². The van der Waals surface area contributed by atoms with E-state index in [4.69, 9.17) is 0 Å². The highest BCUT2D eigenvalue weighted by molar-refractivity contribution is 7.92. The van der Waals surface area contributed by atoms with Gasteiger partial charge in [0.25, 0.3) is 10.0 Å². The highest BCUT2D eigenvalue weighted by atomic mass is 32.2. The number of nitrogens with zero attached hydrogens (tertiary/aromatic N) is 1. The van der Waals surface area contributed by atoms with Crippen molar-refractivity contribution < 1.29 is 8.42 Å². The number of hydrogen-bond acceptors (Lipinski definition) is 3. The van der Waals surface area contributed by atoms with Gasteiger partial charge in [-0.3, -0.25) is 4.72 Å². The first-order valence-electron chi connectivity index (χ1n) is 8.40. The van der Waals surface area contributed by atoms with Gasteiger partial charge in [-0.25, -0.2) is 13.4 Å². The van der Waals surface area contributed by atoms with E-state index in [1.165, 1.54) is 0 Å². The summed E-state index contributed by atoms with van der Waals surface area (Å²) >= 11 is 0. The molecule has 0 radical (unpaired) electrons. The molecular formula is C20H28N2O2S. The molecular weight excluding hydrogens is 332 g/mol. The lowest BCUT2D eigenvalue weighted by atomic mass is 9.81. The van der Waals surface area contributed by atoms with Gasteiger partial charge in [-0.05, 0) is 58.7 Å². The Morgan fingerprint density at radius 3 is 1.84 bits per heavy atom. The number of hydrogen-bond donors (Lipinski definition) is 1. The molecule has 0 aliphatic heterocycles. The second-order valence-corrected chi connectivity index (χ2v) is 10.3. The molecule has 25 heavy (non-hydrogen) atoms. The summed E-state index contributed by atoms with van der Waals surface area (Å²) < 4.78 is 28.4. The molecule has 0 bridgehead atoms. The lowest BCUT2D eigenvalue weighted by Crippen LogP contribution is -2.20. The second kappa shape index (κ2) is 6.45. The second-order valence-electron chi connectivity index (χ2n) is 8.57. The number of pyridine rings is 1. The fraction of sp³-hybridized carbons (Fsp3) is 0.450. The Kier molecular flexibility index (Phi) is 5.01. The SMILES string of the molecule is Cc1ccnc(NS(=O)(=O)c2cc(C(C)(C)C)cc(C(C)(C)C)c2)c1. The van der Waals surface area contributed by atoms with Crippen molar-refractivity contribution in [1.82, 2.24) is 4.98 Å². The summed E-state index contributed by atoms with van der Waals surface area (Å²) in [5.74, 6) is 0.332. The molecule has 1 heterocycles. The predicted molar refractivity (Wildman–Crippen MR) is 104 cm³/mol. The third kappa shape index (κ3) is 4.82. The third-order valence-electron chi connectivity index (χ3n) is 4.10. The van der Waals surface area contributed by atoms with Crippen LogP contribution in [-0.2, 0) is 20.9 Å². The van der Waals surface area contributed by atoms with Crippen LogP contribution in [0.1, 0.15) is 58.2 Å². The molecule has 0 atom stereocenters. The average molecular weight is 361 g/mol. The van der Waals surface area contributed by atoms with Gasteiger partial charge in [0.15, 0.2) is 0 Å². The monoisotopic (exact) mass is 360 g/mol. The standard InChI is InChI=1S/C20H28N2O2S/c1-14-8-9-21-18(10-14)22-25(23,24)17-12-15(19(2,3)4)11-16(13-17)20(5,6)7/h8-13H,1-7H3,(H,21,22). The van der Waals surface area contributed by atoms with Gasteiger partial charge in [-0.1, -0.05) is 47.6 Å². The zero-order chi connectivity index (χ0) is 19.0. The van der Waals surface area contributed by atoms with Crippen molar-refractivity contribution >= 4 is 15.8 Å². The predicted octanol–water partition coefficient (Wildman–Crippen LogP) is 4.79. The van der Waals surface area contributed by atoms with Crippen molar-refractivity contribution in [1.29, 1.82) is 0 Å². The van der Waals surface area contributed by atoms with Crippen molar-refractivity contribution in [3.63, 3.8) is 0 Å². The minimum absolute atomic E-state index is 0.146. The number of anilines is 1. The minimum Gasteiger partial charge on any atom is -0.263 e. The quantitative estimate of drug-likeness (QED) is 0.856. The maximum absolute atomic E-state index is 12.9. The number of sulfonamides is 1. The van der Waals surface area contributed by atoms with Gasteiger partial charge in [0.1, 0.15) is 5.82 Å². The van der Waals surface area contributed by atoms with Crippen LogP contribution in [0.15, 0.2) is 41.4 Å². The van der Waals surface area contributed by atoms with Crippen LogP contribution in [-0.4, -0.2) is 13.4 Å². The Morgan fingerprint density at radius 2 is 1.40 bits per heavy atom. The molecule has 0 aliphatic carbocycles. The Hall–Kier alpha value is -1.88. The van der Waals surface area contributed by atoms with E-state index < -0.39 is 10.0 Å². The Morgan fingerprint density at radius 1 is 0.880 bits per heavy atom. The molecule has 5 heteroatoms. The number of nitrogens with one attached hydrogen (secondary N) is 1. The highest BCUT2D eigenvalue weighted by Gasteiger charge is 2.24. The van der Waals surface area contributed by atoms with Gasteiger partial charge < -0.3 is 0 Å². The van der Waals surface area contributed by atoms with E-state index in [9.17, 15) is 8.42 Å². The third-order valence-corrected chi connectivity index (χ3v) is 5.44. The van der Waals surface area contributed by atoms with E-state index in [0.717, 1.165) is 16.7 Å². The van der Waals surface area contributed by atoms with Crippen LogP contribution in [0.25, 0.3) is 0 Å². The summed E-state index contributed by atoms with van der Waals surface area (Å²) in [6, 6.07) is 9.16. The highest BCUT2D eigenvalue weighted by Crippen LogP contribution is 2.32. The smallest absolute Gasteiger partial charge is 0.263 e. The largest absolute Gasteiger partial charge is 0.263 e. The van der Waals surface area contributed by atoms with Crippen LogP contribution in [0.2, 0.25) is 0 Å². The van der Waals surface area contributed by atoms with E-state index in [2.05, 4.69) is 57.3 Å².